The van der Waals surface area contributed by atoms with E-state index in [1.54, 1.807) is 0 Å². The van der Waals surface area contributed by atoms with Gasteiger partial charge in [0.25, 0.3) is 0 Å². The topological polar surface area (TPSA) is 24.1 Å². The quantitative estimate of drug-likeness (QED) is 0.703. The predicted molar refractivity (Wildman–Crippen MR) is 60.2 cm³/mol. The molecule has 1 unspecified atom stereocenters. The average Bonchev–Trinajstić information content (AvgIpc) is 2.67. The summed E-state index contributed by atoms with van der Waals surface area (Å²) in [6.07, 6.45) is 3.94. The van der Waals surface area contributed by atoms with Crippen molar-refractivity contribution in [3.63, 3.8) is 0 Å². The molecule has 1 atom stereocenters. The van der Waals surface area contributed by atoms with Gasteiger partial charge < -0.3 is 10.6 Å². The summed E-state index contributed by atoms with van der Waals surface area (Å²) in [7, 11) is 0. The Morgan fingerprint density at radius 1 is 1.31 bits per heavy atom. The molecule has 0 radical (unpaired) electrons. The Morgan fingerprint density at radius 2 is 2.00 bits per heavy atom. The molecule has 80 valence electrons. The molecular weight excluding hydrogens is 160 g/mol. The van der Waals surface area contributed by atoms with Crippen molar-refractivity contribution in [2.24, 2.45) is 0 Å². The van der Waals surface area contributed by atoms with Crippen LogP contribution in [0.1, 0.15) is 47.0 Å². The number of rotatable bonds is 4. The predicted octanol–water partition coefficient (Wildman–Crippen LogP) is 2.15. The number of hydrogen-bond donors (Lipinski definition) is 2. The third-order valence-electron chi connectivity index (χ3n) is 2.72. The van der Waals surface area contributed by atoms with Crippen molar-refractivity contribution in [2.75, 3.05) is 19.6 Å². The largest absolute Gasteiger partial charge is 0.315 e. The SMILES string of the molecule is CC.CCNCC1(CC)CCCN1. The van der Waals surface area contributed by atoms with E-state index in [4.69, 9.17) is 0 Å². The van der Waals surface area contributed by atoms with Gasteiger partial charge in [0.1, 0.15) is 0 Å². The van der Waals surface area contributed by atoms with Gasteiger partial charge in [-0.05, 0) is 32.4 Å². The first-order valence-corrected chi connectivity index (χ1v) is 5.79. The molecular formula is C11H26N2. The highest BCUT2D eigenvalue weighted by molar-refractivity contribution is 4.93. The fourth-order valence-corrected chi connectivity index (χ4v) is 1.81. The molecule has 2 N–H and O–H groups in total. The van der Waals surface area contributed by atoms with Crippen molar-refractivity contribution in [1.82, 2.24) is 10.6 Å². The minimum atomic E-state index is 0.427. The van der Waals surface area contributed by atoms with Gasteiger partial charge in [0.05, 0.1) is 0 Å². The van der Waals surface area contributed by atoms with E-state index in [1.807, 2.05) is 13.8 Å². The van der Waals surface area contributed by atoms with Crippen LogP contribution in [0.2, 0.25) is 0 Å². The highest BCUT2D eigenvalue weighted by atomic mass is 15.1. The Balaban J connectivity index is 0.000000671. The van der Waals surface area contributed by atoms with Crippen LogP contribution in [-0.2, 0) is 0 Å². The monoisotopic (exact) mass is 186 g/mol. The Hall–Kier alpha value is -0.0800. The molecule has 0 saturated carbocycles. The molecule has 13 heavy (non-hydrogen) atoms. The van der Waals surface area contributed by atoms with E-state index >= 15 is 0 Å². The molecule has 1 saturated heterocycles. The fourth-order valence-electron chi connectivity index (χ4n) is 1.81. The molecule has 1 aliphatic rings. The standard InChI is InChI=1S/C9H20N2.C2H6/c1-3-9(8-10-4-2)6-5-7-11-9;1-2/h10-11H,3-8H2,1-2H3;1-2H3. The van der Waals surface area contributed by atoms with Crippen molar-refractivity contribution in [1.29, 1.82) is 0 Å². The van der Waals surface area contributed by atoms with Crippen LogP contribution in [-0.4, -0.2) is 25.2 Å². The molecule has 0 aromatic rings. The maximum atomic E-state index is 3.59. The van der Waals surface area contributed by atoms with Crippen LogP contribution in [0.3, 0.4) is 0 Å². The van der Waals surface area contributed by atoms with Crippen LogP contribution in [0.4, 0.5) is 0 Å². The molecule has 0 bridgehead atoms. The molecule has 0 aliphatic carbocycles. The minimum absolute atomic E-state index is 0.427. The zero-order valence-corrected chi connectivity index (χ0v) is 9.74. The maximum Gasteiger partial charge on any atom is 0.0304 e. The summed E-state index contributed by atoms with van der Waals surface area (Å²) in [5.41, 5.74) is 0.427. The van der Waals surface area contributed by atoms with Crippen molar-refractivity contribution >= 4 is 0 Å². The smallest absolute Gasteiger partial charge is 0.0304 e. The van der Waals surface area contributed by atoms with Crippen LogP contribution in [0.5, 0.6) is 0 Å². The van der Waals surface area contributed by atoms with E-state index in [9.17, 15) is 0 Å². The second-order valence-corrected chi connectivity index (χ2v) is 3.44. The first kappa shape index (κ1) is 12.9. The van der Waals surface area contributed by atoms with E-state index in [0.717, 1.165) is 13.1 Å². The van der Waals surface area contributed by atoms with Gasteiger partial charge in [0, 0.05) is 12.1 Å². The van der Waals surface area contributed by atoms with Gasteiger partial charge in [0.15, 0.2) is 0 Å². The van der Waals surface area contributed by atoms with Crippen LogP contribution < -0.4 is 10.6 Å². The van der Waals surface area contributed by atoms with Crippen molar-refractivity contribution < 1.29 is 0 Å². The van der Waals surface area contributed by atoms with Crippen LogP contribution >= 0.6 is 0 Å². The highest BCUT2D eigenvalue weighted by Crippen LogP contribution is 2.21. The first-order valence-electron chi connectivity index (χ1n) is 5.79. The van der Waals surface area contributed by atoms with Gasteiger partial charge in [-0.2, -0.15) is 0 Å². The minimum Gasteiger partial charge on any atom is -0.315 e. The van der Waals surface area contributed by atoms with E-state index in [0.29, 0.717) is 5.54 Å². The van der Waals surface area contributed by atoms with Crippen LogP contribution in [0.25, 0.3) is 0 Å². The average molecular weight is 186 g/mol. The Kier molecular flexibility index (Phi) is 7.29. The summed E-state index contributed by atoms with van der Waals surface area (Å²) in [4.78, 5) is 0. The van der Waals surface area contributed by atoms with Gasteiger partial charge in [-0.15, -0.1) is 0 Å². The Bertz CT molecular complexity index is 107. The van der Waals surface area contributed by atoms with Crippen molar-refractivity contribution in [3.8, 4) is 0 Å². The van der Waals surface area contributed by atoms with Gasteiger partial charge in [-0.3, -0.25) is 0 Å². The summed E-state index contributed by atoms with van der Waals surface area (Å²) in [6.45, 7) is 11.9. The molecule has 2 nitrogen and oxygen atoms in total. The fraction of sp³-hybridized carbons (Fsp3) is 1.00. The number of hydrogen-bond acceptors (Lipinski definition) is 2. The Morgan fingerprint density at radius 3 is 2.38 bits per heavy atom. The van der Waals surface area contributed by atoms with Crippen LogP contribution in [0.15, 0.2) is 0 Å². The highest BCUT2D eigenvalue weighted by Gasteiger charge is 2.30. The lowest BCUT2D eigenvalue weighted by atomic mass is 9.94. The lowest BCUT2D eigenvalue weighted by molar-refractivity contribution is 0.344. The maximum absolute atomic E-state index is 3.59. The van der Waals surface area contributed by atoms with Gasteiger partial charge >= 0.3 is 0 Å². The van der Waals surface area contributed by atoms with Gasteiger partial charge in [-0.1, -0.05) is 27.7 Å². The van der Waals surface area contributed by atoms with E-state index in [-0.39, 0.29) is 0 Å². The lowest BCUT2D eigenvalue weighted by Crippen LogP contribution is -2.47. The first-order chi connectivity index (χ1) is 6.33. The van der Waals surface area contributed by atoms with Gasteiger partial charge in [-0.25, -0.2) is 0 Å². The van der Waals surface area contributed by atoms with E-state index in [1.165, 1.54) is 25.8 Å². The molecule has 1 aliphatic heterocycles. The zero-order chi connectivity index (χ0) is 10.2. The molecule has 2 heteroatoms. The van der Waals surface area contributed by atoms with Gasteiger partial charge in [0.2, 0.25) is 0 Å². The number of likely N-dealkylation sites (N-methyl/N-ethyl adjacent to an activating group) is 1. The summed E-state index contributed by atoms with van der Waals surface area (Å²) in [5.74, 6) is 0. The zero-order valence-electron chi connectivity index (χ0n) is 9.74. The summed E-state index contributed by atoms with van der Waals surface area (Å²) in [6, 6.07) is 0. The third-order valence-corrected chi connectivity index (χ3v) is 2.72. The lowest BCUT2D eigenvalue weighted by Gasteiger charge is -2.28. The number of nitrogens with one attached hydrogen (secondary N) is 2. The Labute approximate surface area is 83.5 Å². The second-order valence-electron chi connectivity index (χ2n) is 3.44. The summed E-state index contributed by atoms with van der Waals surface area (Å²) in [5, 5.41) is 7.01. The summed E-state index contributed by atoms with van der Waals surface area (Å²) < 4.78 is 0. The molecule has 1 heterocycles. The molecule has 0 aromatic carbocycles. The van der Waals surface area contributed by atoms with E-state index in [2.05, 4.69) is 24.5 Å². The molecule has 1 rings (SSSR count). The van der Waals surface area contributed by atoms with Crippen molar-refractivity contribution in [3.05, 3.63) is 0 Å². The summed E-state index contributed by atoms with van der Waals surface area (Å²) >= 11 is 0. The molecule has 0 aromatic heterocycles. The molecule has 0 spiro atoms. The van der Waals surface area contributed by atoms with E-state index < -0.39 is 0 Å². The third kappa shape index (κ3) is 4.10. The van der Waals surface area contributed by atoms with Crippen LogP contribution in [0, 0.1) is 0 Å². The van der Waals surface area contributed by atoms with Crippen molar-refractivity contribution in [2.45, 2.75) is 52.5 Å². The molecule has 1 fully saturated rings. The molecule has 0 amide bonds. The normalized spacial score (nSPS) is 26.8. The second kappa shape index (κ2) is 7.34.